The van der Waals surface area contributed by atoms with Crippen molar-refractivity contribution in [3.63, 3.8) is 0 Å². The number of carbonyl (C=O) groups is 1. The Hall–Kier alpha value is -5.30. The van der Waals surface area contributed by atoms with Crippen molar-refractivity contribution in [1.82, 2.24) is 0 Å². The first kappa shape index (κ1) is 64.9. The Morgan fingerprint density at radius 1 is 0.617 bits per heavy atom. The molecule has 0 saturated heterocycles. The van der Waals surface area contributed by atoms with E-state index in [0.29, 0.717) is 119 Å². The Morgan fingerprint density at radius 2 is 1.12 bits per heavy atom. The van der Waals surface area contributed by atoms with Gasteiger partial charge in [0.2, 0.25) is 5.69 Å². The highest BCUT2D eigenvalue weighted by molar-refractivity contribution is 7.87. The first-order chi connectivity index (χ1) is 38.2. The SMILES string of the molecule is CC[N+]1=C(/C=C/C=C/C=C/C=C2/N(CCCCCC(=O)O)c3ccc4c(S(=O)(=O)[O-])cc(S(=O)(=O)O)cc4c3C2(C)CCOCCOCCOCCOCCOCCOC)C(C)(C)c2c1ccc1c(S(=O)(=O)O)cc(S(=O)(=O)O)cc21. The Kier molecular flexibility index (Phi) is 22.3. The molecular formula is C55H70N2O20S4. The van der Waals surface area contributed by atoms with Crippen molar-refractivity contribution < 1.29 is 94.8 Å². The number of unbranched alkanes of at least 4 members (excludes halogenated alkanes) is 2. The van der Waals surface area contributed by atoms with Crippen molar-refractivity contribution in [2.24, 2.45) is 0 Å². The van der Waals surface area contributed by atoms with Crippen LogP contribution in [0, 0.1) is 0 Å². The van der Waals surface area contributed by atoms with E-state index in [9.17, 15) is 61.8 Å². The van der Waals surface area contributed by atoms with Gasteiger partial charge in [0, 0.05) is 66.6 Å². The quantitative estimate of drug-likeness (QED) is 0.0159. The topological polar surface area (TPSA) is 319 Å². The lowest BCUT2D eigenvalue weighted by molar-refractivity contribution is -0.433. The van der Waals surface area contributed by atoms with Crippen LogP contribution in [0.4, 0.5) is 11.4 Å². The lowest BCUT2D eigenvalue weighted by Gasteiger charge is -2.31. The Bertz CT molecular complexity index is 3570. The molecular weight excluding hydrogens is 1140 g/mol. The molecule has 0 spiro atoms. The average molecular weight is 1210 g/mol. The number of hydrogen-bond donors (Lipinski definition) is 4. The smallest absolute Gasteiger partial charge is 0.303 e. The standard InChI is InChI=1S/C55H70N2O20S4/c1-6-56-45-20-18-41-43(35-39(78(60,61)62)37-47(41)80(66,67)68)52(45)54(2,3)49(56)15-11-8-7-9-12-16-50-55(4,22-24-73-27-28-75-31-32-77-34-33-76-30-29-74-26-25-72-5)53-44-36-40(79(63,64)65)38-48(81(69,70)71)42(44)19-21-46(53)57(50)23-14-10-13-17-51(58)59/h7-9,11-12,15-16,18-21,35-38H,6,10,13-14,17,22-34H2,1-5H3,(H4-,58,59,60,61,62,63,64,65,66,67,68,69,70,71). The van der Waals surface area contributed by atoms with Crippen LogP contribution in [0.5, 0.6) is 0 Å². The third-order valence-corrected chi connectivity index (χ3v) is 17.4. The summed E-state index contributed by atoms with van der Waals surface area (Å²) in [5.41, 5.74) is 1.74. The minimum absolute atomic E-state index is 0.0432. The molecule has 2 heterocycles. The van der Waals surface area contributed by atoms with Crippen LogP contribution in [-0.4, -0.2) is 166 Å². The number of benzene rings is 4. The van der Waals surface area contributed by atoms with Crippen molar-refractivity contribution in [2.45, 2.75) is 90.2 Å². The molecule has 6 rings (SSSR count). The van der Waals surface area contributed by atoms with E-state index < -0.39 is 76.9 Å². The number of carboxylic acid groups (broad SMARTS) is 1. The summed E-state index contributed by atoms with van der Waals surface area (Å²) in [5, 5.41) is 9.64. The fraction of sp³-hybridized carbons (Fsp3) is 0.455. The van der Waals surface area contributed by atoms with Crippen LogP contribution in [-0.2, 0) is 84.5 Å². The third-order valence-electron chi connectivity index (χ3n) is 14.0. The van der Waals surface area contributed by atoms with Crippen LogP contribution in [0.2, 0.25) is 0 Å². The molecule has 1 atom stereocenters. The number of hydrogen-bond acceptors (Lipinski definition) is 17. The molecule has 0 aromatic heterocycles. The van der Waals surface area contributed by atoms with Crippen molar-refractivity contribution in [1.29, 1.82) is 0 Å². The molecule has 81 heavy (non-hydrogen) atoms. The maximum absolute atomic E-state index is 12.8. The fourth-order valence-corrected chi connectivity index (χ4v) is 13.0. The van der Waals surface area contributed by atoms with Crippen LogP contribution in [0.25, 0.3) is 21.5 Å². The van der Waals surface area contributed by atoms with Crippen molar-refractivity contribution >= 4 is 85.1 Å². The molecule has 1 unspecified atom stereocenters. The maximum atomic E-state index is 12.8. The summed E-state index contributed by atoms with van der Waals surface area (Å²) in [6.07, 6.45) is 14.2. The van der Waals surface area contributed by atoms with E-state index >= 15 is 0 Å². The molecule has 0 radical (unpaired) electrons. The van der Waals surface area contributed by atoms with Crippen LogP contribution < -0.4 is 4.90 Å². The minimum Gasteiger partial charge on any atom is -0.744 e. The van der Waals surface area contributed by atoms with Gasteiger partial charge in [0.25, 0.3) is 30.4 Å². The molecule has 0 saturated carbocycles. The van der Waals surface area contributed by atoms with E-state index in [0.717, 1.165) is 11.8 Å². The number of nitrogens with zero attached hydrogens (tertiary/aromatic N) is 2. The fourth-order valence-electron chi connectivity index (χ4n) is 10.3. The van der Waals surface area contributed by atoms with Gasteiger partial charge in [-0.15, -0.1) is 0 Å². The zero-order valence-electron chi connectivity index (χ0n) is 45.7. The first-order valence-corrected chi connectivity index (χ1v) is 31.8. The van der Waals surface area contributed by atoms with Crippen molar-refractivity contribution in [3.8, 4) is 0 Å². The largest absolute Gasteiger partial charge is 0.744 e. The number of methoxy groups -OCH3 is 1. The molecule has 4 aromatic rings. The summed E-state index contributed by atoms with van der Waals surface area (Å²) >= 11 is 0. The number of ether oxygens (including phenoxy) is 6. The molecule has 444 valence electrons. The van der Waals surface area contributed by atoms with E-state index in [-0.39, 0.29) is 60.8 Å². The predicted molar refractivity (Wildman–Crippen MR) is 301 cm³/mol. The van der Waals surface area contributed by atoms with Crippen molar-refractivity contribution in [2.75, 3.05) is 97.8 Å². The number of rotatable bonds is 33. The number of allylic oxidation sites excluding steroid dienone is 8. The Balaban J connectivity index is 1.29. The monoisotopic (exact) mass is 1210 g/mol. The molecule has 4 N–H and O–H groups in total. The van der Waals surface area contributed by atoms with Gasteiger partial charge in [-0.05, 0) is 111 Å². The molecule has 4 aromatic carbocycles. The highest BCUT2D eigenvalue weighted by Gasteiger charge is 2.47. The zero-order chi connectivity index (χ0) is 59.4. The van der Waals surface area contributed by atoms with E-state index in [1.54, 1.807) is 49.6 Å². The van der Waals surface area contributed by atoms with Gasteiger partial charge >= 0.3 is 5.97 Å². The first-order valence-electron chi connectivity index (χ1n) is 26.0. The lowest BCUT2D eigenvalue weighted by Crippen LogP contribution is -2.30. The number of aliphatic carboxylic acids is 1. The second-order valence-electron chi connectivity index (χ2n) is 19.8. The molecule has 0 aliphatic carbocycles. The van der Waals surface area contributed by atoms with Gasteiger partial charge < -0.3 is 43.0 Å². The second kappa shape index (κ2) is 27.9. The summed E-state index contributed by atoms with van der Waals surface area (Å²) in [7, 11) is -18.6. The molecule has 0 fully saturated rings. The van der Waals surface area contributed by atoms with Gasteiger partial charge in [0.1, 0.15) is 21.6 Å². The average Bonchev–Trinajstić information content (AvgIpc) is 2.36. The third kappa shape index (κ3) is 16.1. The van der Waals surface area contributed by atoms with Gasteiger partial charge in [-0.1, -0.05) is 42.9 Å². The summed E-state index contributed by atoms with van der Waals surface area (Å²) in [5.74, 6) is -0.940. The molecule has 2 aliphatic heterocycles. The van der Waals surface area contributed by atoms with Gasteiger partial charge in [-0.25, -0.2) is 8.42 Å². The zero-order valence-corrected chi connectivity index (χ0v) is 49.0. The Labute approximate surface area is 473 Å². The van der Waals surface area contributed by atoms with Crippen LogP contribution in [0.3, 0.4) is 0 Å². The van der Waals surface area contributed by atoms with Gasteiger partial charge in [0.15, 0.2) is 5.71 Å². The van der Waals surface area contributed by atoms with E-state index in [2.05, 4.69) is 0 Å². The molecule has 0 amide bonds. The van der Waals surface area contributed by atoms with Crippen molar-refractivity contribution in [3.05, 3.63) is 108 Å². The number of fused-ring (bicyclic) bond motifs is 6. The predicted octanol–water partition coefficient (Wildman–Crippen LogP) is 7.13. The van der Waals surface area contributed by atoms with E-state index in [1.165, 1.54) is 18.2 Å². The van der Waals surface area contributed by atoms with Gasteiger partial charge in [-0.2, -0.15) is 29.8 Å². The number of anilines is 1. The highest BCUT2D eigenvalue weighted by Crippen LogP contribution is 2.54. The molecule has 2 aliphatic rings. The van der Waals surface area contributed by atoms with Gasteiger partial charge in [0.05, 0.1) is 86.2 Å². The number of carboxylic acids is 1. The summed E-state index contributed by atoms with van der Waals surface area (Å²) < 4.78 is 179. The van der Waals surface area contributed by atoms with Crippen LogP contribution in [0.15, 0.2) is 116 Å². The molecule has 26 heteroatoms. The van der Waals surface area contributed by atoms with E-state index in [4.69, 9.17) is 28.4 Å². The summed E-state index contributed by atoms with van der Waals surface area (Å²) in [6.45, 7) is 12.1. The second-order valence-corrected chi connectivity index (χ2v) is 25.3. The minimum atomic E-state index is -5.29. The Morgan fingerprint density at radius 3 is 1.65 bits per heavy atom. The maximum Gasteiger partial charge on any atom is 0.303 e. The molecule has 0 bridgehead atoms. The molecule has 22 nitrogen and oxygen atoms in total. The van der Waals surface area contributed by atoms with Crippen LogP contribution >= 0.6 is 0 Å². The normalized spacial score (nSPS) is 17.3. The lowest BCUT2D eigenvalue weighted by atomic mass is 9.76. The summed E-state index contributed by atoms with van der Waals surface area (Å²) in [6, 6.07) is 9.93. The summed E-state index contributed by atoms with van der Waals surface area (Å²) in [4.78, 5) is 10.4. The highest BCUT2D eigenvalue weighted by atomic mass is 32.2. The van der Waals surface area contributed by atoms with Gasteiger partial charge in [-0.3, -0.25) is 18.5 Å². The van der Waals surface area contributed by atoms with E-state index in [1.807, 2.05) is 49.3 Å². The van der Waals surface area contributed by atoms with Crippen LogP contribution in [0.1, 0.15) is 70.9 Å².